The molecule has 46 heavy (non-hydrogen) atoms. The fourth-order valence-corrected chi connectivity index (χ4v) is 4.98. The first-order valence-electron chi connectivity index (χ1n) is 18.8. The number of rotatable bonds is 33. The van der Waals surface area contributed by atoms with Gasteiger partial charge >= 0.3 is 11.9 Å². The highest BCUT2D eigenvalue weighted by molar-refractivity contribution is 5.69. The second-order valence-electron chi connectivity index (χ2n) is 12.5. The third kappa shape index (κ3) is 34.7. The van der Waals surface area contributed by atoms with E-state index in [9.17, 15) is 19.8 Å². The van der Waals surface area contributed by atoms with Gasteiger partial charge < -0.3 is 19.7 Å². The maximum atomic E-state index is 11.9. The van der Waals surface area contributed by atoms with Crippen LogP contribution in [0.15, 0.2) is 48.6 Å². The first-order valence-corrected chi connectivity index (χ1v) is 18.8. The van der Waals surface area contributed by atoms with Crippen molar-refractivity contribution in [1.82, 2.24) is 0 Å². The maximum absolute atomic E-state index is 11.9. The van der Waals surface area contributed by atoms with Crippen molar-refractivity contribution in [2.24, 2.45) is 0 Å². The van der Waals surface area contributed by atoms with Crippen molar-refractivity contribution in [1.29, 1.82) is 0 Å². The van der Waals surface area contributed by atoms with Crippen molar-refractivity contribution in [2.75, 3.05) is 13.2 Å². The summed E-state index contributed by atoms with van der Waals surface area (Å²) in [5.74, 6) is -0.668. The van der Waals surface area contributed by atoms with Crippen molar-refractivity contribution < 1.29 is 29.3 Å². The Morgan fingerprint density at radius 3 is 1.61 bits per heavy atom. The fourth-order valence-electron chi connectivity index (χ4n) is 4.98. The first kappa shape index (κ1) is 43.8. The summed E-state index contributed by atoms with van der Waals surface area (Å²) in [6, 6.07) is 0. The lowest BCUT2D eigenvalue weighted by Gasteiger charge is -2.12. The normalized spacial score (nSPS) is 13.4. The highest BCUT2D eigenvalue weighted by Gasteiger charge is 2.12. The molecule has 0 aromatic rings. The van der Waals surface area contributed by atoms with Gasteiger partial charge in [-0.1, -0.05) is 159 Å². The second kappa shape index (κ2) is 35.7. The molecular formula is C40H70O6. The second-order valence-corrected chi connectivity index (χ2v) is 12.5. The van der Waals surface area contributed by atoms with Gasteiger partial charge in [-0.15, -0.1) is 0 Å². The Hall–Kier alpha value is -2.18. The molecule has 6 heteroatoms. The van der Waals surface area contributed by atoms with Gasteiger partial charge in [-0.3, -0.25) is 9.59 Å². The minimum atomic E-state index is -1.00. The summed E-state index contributed by atoms with van der Waals surface area (Å²) in [5, 5.41) is 20.0. The van der Waals surface area contributed by atoms with E-state index in [0.29, 0.717) is 19.3 Å². The van der Waals surface area contributed by atoms with Crippen molar-refractivity contribution in [3.63, 3.8) is 0 Å². The molecule has 0 unspecified atom stereocenters. The van der Waals surface area contributed by atoms with Crippen LogP contribution in [0.25, 0.3) is 0 Å². The van der Waals surface area contributed by atoms with Crippen LogP contribution < -0.4 is 0 Å². The van der Waals surface area contributed by atoms with Crippen LogP contribution in [0.4, 0.5) is 0 Å². The van der Waals surface area contributed by atoms with Gasteiger partial charge in [0.2, 0.25) is 0 Å². The quantitative estimate of drug-likeness (QED) is 0.0319. The lowest BCUT2D eigenvalue weighted by atomic mass is 10.0. The Balaban J connectivity index is 3.61. The zero-order valence-electron chi connectivity index (χ0n) is 29.7. The van der Waals surface area contributed by atoms with Crippen molar-refractivity contribution in [3.05, 3.63) is 48.6 Å². The summed E-state index contributed by atoms with van der Waals surface area (Å²) in [7, 11) is 0. The summed E-state index contributed by atoms with van der Waals surface area (Å²) in [5.41, 5.74) is 0. The van der Waals surface area contributed by atoms with Crippen LogP contribution in [-0.2, 0) is 19.1 Å². The van der Waals surface area contributed by atoms with Crippen molar-refractivity contribution in [3.8, 4) is 0 Å². The Labute approximate surface area is 282 Å². The number of esters is 2. The largest absolute Gasteiger partial charge is 0.463 e. The van der Waals surface area contributed by atoms with Gasteiger partial charge in [0.25, 0.3) is 0 Å². The topological polar surface area (TPSA) is 93.1 Å². The van der Waals surface area contributed by atoms with Gasteiger partial charge in [-0.2, -0.15) is 0 Å². The predicted octanol–water partition coefficient (Wildman–Crippen LogP) is 10.4. The highest BCUT2D eigenvalue weighted by atomic mass is 16.6. The Morgan fingerprint density at radius 1 is 0.543 bits per heavy atom. The van der Waals surface area contributed by atoms with Crippen LogP contribution in [0.3, 0.4) is 0 Å². The Bertz CT molecular complexity index is 800. The number of carbonyl (C=O) groups is 2. The molecule has 0 heterocycles. The predicted molar refractivity (Wildman–Crippen MR) is 193 cm³/mol. The number of ether oxygens (including phenoxy) is 2. The van der Waals surface area contributed by atoms with Gasteiger partial charge in [0.05, 0.1) is 6.10 Å². The van der Waals surface area contributed by atoms with Crippen LogP contribution in [0.1, 0.15) is 168 Å². The zero-order chi connectivity index (χ0) is 33.8. The zero-order valence-corrected chi connectivity index (χ0v) is 29.7. The number of hydrogen-bond acceptors (Lipinski definition) is 6. The van der Waals surface area contributed by atoms with E-state index in [2.05, 4.69) is 19.9 Å². The number of allylic oxidation sites excluding steroid dienone is 6. The van der Waals surface area contributed by atoms with E-state index in [-0.39, 0.29) is 31.6 Å². The van der Waals surface area contributed by atoms with Crippen LogP contribution >= 0.6 is 0 Å². The molecule has 266 valence electrons. The summed E-state index contributed by atoms with van der Waals surface area (Å²) in [4.78, 5) is 23.9. The highest BCUT2D eigenvalue weighted by Crippen LogP contribution is 2.13. The number of aliphatic hydroxyl groups is 2. The minimum Gasteiger partial charge on any atom is -0.463 e. The molecule has 0 aromatic heterocycles. The third-order valence-corrected chi connectivity index (χ3v) is 7.90. The van der Waals surface area contributed by atoms with E-state index in [1.807, 2.05) is 42.5 Å². The molecule has 0 fully saturated rings. The van der Waals surface area contributed by atoms with Crippen molar-refractivity contribution in [2.45, 2.75) is 180 Å². The van der Waals surface area contributed by atoms with E-state index in [1.165, 1.54) is 89.9 Å². The fraction of sp³-hybridized carbons (Fsp3) is 0.750. The van der Waals surface area contributed by atoms with Crippen LogP contribution in [0, 0.1) is 0 Å². The molecule has 0 spiro atoms. The van der Waals surface area contributed by atoms with E-state index < -0.39 is 12.2 Å². The standard InChI is InChI=1S/C40H70O6/c1-3-5-7-9-11-12-13-14-15-16-17-21-25-29-33-39(43)45-35-38(42)36-46-40(44)34-30-26-22-18-20-24-28-32-37(41)31-27-23-19-10-8-6-4-2/h18-19,22-24,27-28,31,37-38,41-42H,3-17,20-21,25-26,29-30,32-36H2,1-2H3/b22-18+,23-19-,28-24-,31-27-/t37-,38-/m1/s1. The van der Waals surface area contributed by atoms with Gasteiger partial charge in [-0.25, -0.2) is 0 Å². The maximum Gasteiger partial charge on any atom is 0.305 e. The smallest absolute Gasteiger partial charge is 0.305 e. The van der Waals surface area contributed by atoms with Crippen LogP contribution in [-0.4, -0.2) is 47.6 Å². The lowest BCUT2D eigenvalue weighted by molar-refractivity contribution is -0.152. The molecule has 0 aliphatic rings. The third-order valence-electron chi connectivity index (χ3n) is 7.90. The van der Waals surface area contributed by atoms with Crippen LogP contribution in [0.2, 0.25) is 0 Å². The van der Waals surface area contributed by atoms with E-state index in [1.54, 1.807) is 0 Å². The van der Waals surface area contributed by atoms with Gasteiger partial charge in [0.15, 0.2) is 0 Å². The average Bonchev–Trinajstić information content (AvgIpc) is 3.05. The van der Waals surface area contributed by atoms with E-state index >= 15 is 0 Å². The molecule has 0 aliphatic heterocycles. The molecule has 0 saturated carbocycles. The Morgan fingerprint density at radius 2 is 1.02 bits per heavy atom. The summed E-state index contributed by atoms with van der Waals surface area (Å²) in [6.07, 6.45) is 40.5. The summed E-state index contributed by atoms with van der Waals surface area (Å²) >= 11 is 0. The molecule has 0 bridgehead atoms. The molecule has 0 aromatic carbocycles. The summed E-state index contributed by atoms with van der Waals surface area (Å²) < 4.78 is 10.3. The molecular weight excluding hydrogens is 576 g/mol. The molecule has 2 N–H and O–H groups in total. The molecule has 2 atom stereocenters. The average molecular weight is 647 g/mol. The lowest BCUT2D eigenvalue weighted by Crippen LogP contribution is -2.25. The van der Waals surface area contributed by atoms with Gasteiger partial charge in [-0.05, 0) is 44.9 Å². The van der Waals surface area contributed by atoms with E-state index in [0.717, 1.165) is 38.5 Å². The molecule has 0 amide bonds. The SMILES string of the molecule is CCCCC/C=C\C=C/[C@@H](O)C/C=C\C/C=C/CCCC(=O)OC[C@H](O)COC(=O)CCCCCCCCCCCCCCCC. The van der Waals surface area contributed by atoms with Crippen molar-refractivity contribution >= 4 is 11.9 Å². The molecule has 0 saturated heterocycles. The van der Waals surface area contributed by atoms with Crippen LogP contribution in [0.5, 0.6) is 0 Å². The number of unbranched alkanes of at least 4 members (excludes halogenated alkanes) is 17. The molecule has 6 nitrogen and oxygen atoms in total. The number of carbonyl (C=O) groups excluding carboxylic acids is 2. The monoisotopic (exact) mass is 647 g/mol. The van der Waals surface area contributed by atoms with Gasteiger partial charge in [0.1, 0.15) is 19.3 Å². The number of aliphatic hydroxyl groups excluding tert-OH is 2. The molecule has 0 radical (unpaired) electrons. The Kier molecular flexibility index (Phi) is 34.0. The first-order chi connectivity index (χ1) is 22.5. The summed E-state index contributed by atoms with van der Waals surface area (Å²) in [6.45, 7) is 4.14. The van der Waals surface area contributed by atoms with E-state index in [4.69, 9.17) is 9.47 Å². The minimum absolute atomic E-state index is 0.148. The molecule has 0 rings (SSSR count). The number of hydrogen-bond donors (Lipinski definition) is 2. The van der Waals surface area contributed by atoms with Gasteiger partial charge in [0, 0.05) is 12.8 Å². The molecule has 0 aliphatic carbocycles.